The van der Waals surface area contributed by atoms with Gasteiger partial charge in [0.15, 0.2) is 0 Å². The van der Waals surface area contributed by atoms with Crippen LogP contribution in [0, 0.1) is 45.3 Å². The van der Waals surface area contributed by atoms with Crippen molar-refractivity contribution in [2.24, 2.45) is 33.5 Å². The van der Waals surface area contributed by atoms with Crippen LogP contribution in [-0.4, -0.2) is 0 Å². The van der Waals surface area contributed by atoms with Crippen molar-refractivity contribution in [3.8, 4) is 11.8 Å². The van der Waals surface area contributed by atoms with Crippen molar-refractivity contribution < 1.29 is 0 Å². The summed E-state index contributed by atoms with van der Waals surface area (Å²) >= 11 is 0. The Bertz CT molecular complexity index is 855. The molecule has 2 aromatic carbocycles. The first-order chi connectivity index (χ1) is 13.9. The van der Waals surface area contributed by atoms with Gasteiger partial charge in [-0.15, -0.1) is 0 Å². The Kier molecular flexibility index (Phi) is 4.78. The van der Waals surface area contributed by atoms with E-state index in [4.69, 9.17) is 0 Å². The fraction of sp³-hybridized carbons (Fsp3) is 0.533. The van der Waals surface area contributed by atoms with Gasteiger partial charge >= 0.3 is 0 Å². The van der Waals surface area contributed by atoms with Crippen LogP contribution in [-0.2, 0) is 0 Å². The lowest BCUT2D eigenvalue weighted by Gasteiger charge is -2.17. The van der Waals surface area contributed by atoms with E-state index in [1.165, 1.54) is 11.1 Å². The number of hydrogen-bond donors (Lipinski definition) is 0. The number of rotatable bonds is 4. The smallest absolute Gasteiger partial charge is 0.0491 e. The van der Waals surface area contributed by atoms with Crippen molar-refractivity contribution in [3.63, 3.8) is 0 Å². The summed E-state index contributed by atoms with van der Waals surface area (Å²) in [6.07, 6.45) is 0. The molecule has 0 N–H and O–H groups in total. The second kappa shape index (κ2) is 6.75. The zero-order chi connectivity index (χ0) is 21.9. The van der Waals surface area contributed by atoms with Crippen molar-refractivity contribution in [2.75, 3.05) is 0 Å². The first-order valence-corrected chi connectivity index (χ1v) is 11.5. The molecule has 0 aromatic heterocycles. The lowest BCUT2D eigenvalue weighted by molar-refractivity contribution is 0.457. The molecule has 2 aromatic rings. The minimum atomic E-state index is 0.285. The van der Waals surface area contributed by atoms with Crippen molar-refractivity contribution in [1.29, 1.82) is 0 Å². The summed E-state index contributed by atoms with van der Waals surface area (Å²) < 4.78 is 0. The third-order valence-electron chi connectivity index (χ3n) is 9.64. The van der Waals surface area contributed by atoms with Crippen LogP contribution in [0.4, 0.5) is 0 Å². The van der Waals surface area contributed by atoms with Gasteiger partial charge in [-0.1, -0.05) is 128 Å². The second-order valence-electron chi connectivity index (χ2n) is 11.9. The maximum Gasteiger partial charge on any atom is 0.0491 e. The van der Waals surface area contributed by atoms with Crippen molar-refractivity contribution >= 4 is 0 Å². The van der Waals surface area contributed by atoms with Crippen LogP contribution in [0.15, 0.2) is 60.7 Å². The maximum absolute atomic E-state index is 3.85. The summed E-state index contributed by atoms with van der Waals surface area (Å²) in [6, 6.07) is 21.9. The summed E-state index contributed by atoms with van der Waals surface area (Å²) in [5.41, 5.74) is 3.97. The van der Waals surface area contributed by atoms with Gasteiger partial charge in [-0.25, -0.2) is 0 Å². The van der Waals surface area contributed by atoms with Crippen LogP contribution in [0.3, 0.4) is 0 Å². The molecule has 2 unspecified atom stereocenters. The summed E-state index contributed by atoms with van der Waals surface area (Å²) in [4.78, 5) is 0. The highest BCUT2D eigenvalue weighted by Crippen LogP contribution is 2.74. The van der Waals surface area contributed by atoms with Gasteiger partial charge < -0.3 is 0 Å². The molecule has 0 amide bonds. The Balaban J connectivity index is 1.76. The van der Waals surface area contributed by atoms with E-state index < -0.39 is 0 Å². The molecule has 2 saturated carbocycles. The van der Waals surface area contributed by atoms with E-state index in [1.807, 2.05) is 0 Å². The fourth-order valence-electron chi connectivity index (χ4n) is 6.38. The number of hydrogen-bond acceptors (Lipinski definition) is 0. The van der Waals surface area contributed by atoms with Gasteiger partial charge in [0.1, 0.15) is 0 Å². The third kappa shape index (κ3) is 3.05. The lowest BCUT2D eigenvalue weighted by atomic mass is 9.86. The Morgan fingerprint density at radius 2 is 0.767 bits per heavy atom. The minimum absolute atomic E-state index is 0.285. The summed E-state index contributed by atoms with van der Waals surface area (Å²) in [7, 11) is 0. The van der Waals surface area contributed by atoms with E-state index in [1.54, 1.807) is 0 Å². The van der Waals surface area contributed by atoms with Crippen LogP contribution >= 0.6 is 0 Å². The van der Waals surface area contributed by atoms with E-state index in [2.05, 4.69) is 128 Å². The topological polar surface area (TPSA) is 0 Å². The van der Waals surface area contributed by atoms with Crippen molar-refractivity contribution in [2.45, 2.75) is 67.2 Å². The Morgan fingerprint density at radius 1 is 0.500 bits per heavy atom. The predicted molar refractivity (Wildman–Crippen MR) is 128 cm³/mol. The molecule has 158 valence electrons. The van der Waals surface area contributed by atoms with E-state index >= 15 is 0 Å². The average Bonchev–Trinajstić information content (AvgIpc) is 3.30. The van der Waals surface area contributed by atoms with E-state index in [0.717, 1.165) is 0 Å². The summed E-state index contributed by atoms with van der Waals surface area (Å²) in [6.45, 7) is 19.3. The normalized spacial score (nSPS) is 24.9. The van der Waals surface area contributed by atoms with Gasteiger partial charge in [0.2, 0.25) is 0 Å². The molecule has 2 aliphatic carbocycles. The first-order valence-electron chi connectivity index (χ1n) is 11.5. The van der Waals surface area contributed by atoms with Gasteiger partial charge in [-0.3, -0.25) is 0 Å². The molecule has 30 heavy (non-hydrogen) atoms. The largest absolute Gasteiger partial charge is 0.0941 e. The quantitative estimate of drug-likeness (QED) is 0.459. The maximum atomic E-state index is 3.85. The molecule has 0 heterocycles. The Labute approximate surface area is 184 Å². The highest BCUT2D eigenvalue weighted by Gasteiger charge is 2.68. The molecule has 0 bridgehead atoms. The molecular weight excluding hydrogens is 360 g/mol. The van der Waals surface area contributed by atoms with Crippen molar-refractivity contribution in [1.82, 2.24) is 0 Å². The first kappa shape index (κ1) is 21.2. The molecule has 0 spiro atoms. The average molecular weight is 399 g/mol. The van der Waals surface area contributed by atoms with Crippen LogP contribution in [0.5, 0.6) is 0 Å². The molecule has 0 nitrogen and oxygen atoms in total. The molecule has 0 saturated heterocycles. The summed E-state index contributed by atoms with van der Waals surface area (Å²) in [5.74, 6) is 9.44. The molecule has 0 radical (unpaired) electrons. The molecule has 2 fully saturated rings. The van der Waals surface area contributed by atoms with Gasteiger partial charge in [0, 0.05) is 11.8 Å². The van der Waals surface area contributed by atoms with E-state index in [-0.39, 0.29) is 11.8 Å². The van der Waals surface area contributed by atoms with E-state index in [0.29, 0.717) is 33.5 Å². The van der Waals surface area contributed by atoms with Crippen LogP contribution in [0.2, 0.25) is 0 Å². The molecule has 2 atom stereocenters. The summed E-state index contributed by atoms with van der Waals surface area (Å²) in [5, 5.41) is 0. The second-order valence-corrected chi connectivity index (χ2v) is 11.9. The van der Waals surface area contributed by atoms with Crippen LogP contribution < -0.4 is 0 Å². The number of benzene rings is 2. The molecule has 2 aliphatic rings. The van der Waals surface area contributed by atoms with Crippen LogP contribution in [0.25, 0.3) is 0 Å². The van der Waals surface area contributed by atoms with Gasteiger partial charge in [-0.05, 0) is 44.6 Å². The lowest BCUT2D eigenvalue weighted by Crippen LogP contribution is -2.08. The molecule has 0 heteroatoms. The van der Waals surface area contributed by atoms with Crippen LogP contribution in [0.1, 0.15) is 78.4 Å². The van der Waals surface area contributed by atoms with Gasteiger partial charge in [0.25, 0.3) is 0 Å². The Hall–Kier alpha value is -2.00. The zero-order valence-electron chi connectivity index (χ0n) is 20.1. The standard InChI is InChI=1S/C30H38/c1-27(2)25(28(27,3)4)23(21-15-11-9-12-16-21)19-20-24(22-17-13-10-14-18-22)26-29(5,6)30(26,7)8/h9-18,23-26H,1-8H3. The van der Waals surface area contributed by atoms with Gasteiger partial charge in [0.05, 0.1) is 0 Å². The molecule has 0 aliphatic heterocycles. The van der Waals surface area contributed by atoms with Gasteiger partial charge in [-0.2, -0.15) is 0 Å². The Morgan fingerprint density at radius 3 is 1.00 bits per heavy atom. The third-order valence-corrected chi connectivity index (χ3v) is 9.64. The highest BCUT2D eigenvalue weighted by molar-refractivity contribution is 5.40. The molecular formula is C30H38. The van der Waals surface area contributed by atoms with E-state index in [9.17, 15) is 0 Å². The minimum Gasteiger partial charge on any atom is -0.0941 e. The molecule has 4 rings (SSSR count). The van der Waals surface area contributed by atoms with Crippen molar-refractivity contribution in [3.05, 3.63) is 71.8 Å². The monoisotopic (exact) mass is 398 g/mol. The zero-order valence-corrected chi connectivity index (χ0v) is 20.1. The highest BCUT2D eigenvalue weighted by atomic mass is 14.7. The predicted octanol–water partition coefficient (Wildman–Crippen LogP) is 7.92. The fourth-order valence-corrected chi connectivity index (χ4v) is 6.38. The SMILES string of the molecule is CC1(C)C(C(C#CC(c2ccccc2)C2C(C)(C)C2(C)C)c2ccccc2)C1(C)C.